The second kappa shape index (κ2) is 9.13. The number of nitrogens with one attached hydrogen (secondary N) is 1. The monoisotopic (exact) mass is 420 g/mol. The van der Waals surface area contributed by atoms with E-state index in [1.54, 1.807) is 24.7 Å². The Bertz CT molecular complexity index is 1070. The fourth-order valence-electron chi connectivity index (χ4n) is 3.57. The van der Waals surface area contributed by atoms with E-state index < -0.39 is 0 Å². The number of nitrogens with zero attached hydrogens (tertiary/aromatic N) is 1. The van der Waals surface area contributed by atoms with Gasteiger partial charge in [0.05, 0.1) is 25.0 Å². The molecule has 0 saturated carbocycles. The van der Waals surface area contributed by atoms with E-state index in [1.807, 2.05) is 55.5 Å². The third-order valence-corrected chi connectivity index (χ3v) is 6.21. The number of rotatable bonds is 7. The summed E-state index contributed by atoms with van der Waals surface area (Å²) in [7, 11) is 1.64. The average molecular weight is 421 g/mol. The predicted octanol–water partition coefficient (Wildman–Crippen LogP) is 5.65. The molecule has 0 fully saturated rings. The molecule has 0 spiro atoms. The Balaban J connectivity index is 1.63. The van der Waals surface area contributed by atoms with Crippen molar-refractivity contribution in [3.05, 3.63) is 70.1 Å². The highest BCUT2D eigenvalue weighted by molar-refractivity contribution is 7.16. The van der Waals surface area contributed by atoms with Crippen LogP contribution in [0.3, 0.4) is 0 Å². The minimum atomic E-state index is -0.136. The van der Waals surface area contributed by atoms with Crippen LogP contribution in [0.2, 0.25) is 0 Å². The van der Waals surface area contributed by atoms with Crippen LogP contribution in [0, 0.1) is 0 Å². The van der Waals surface area contributed by atoms with Gasteiger partial charge in [0.2, 0.25) is 0 Å². The molecule has 6 heteroatoms. The number of carbonyl (C=O) groups is 1. The van der Waals surface area contributed by atoms with Crippen LogP contribution in [0.15, 0.2) is 53.5 Å². The number of fused-ring (bicyclic) bond motifs is 1. The van der Waals surface area contributed by atoms with Crippen molar-refractivity contribution in [2.45, 2.75) is 26.2 Å². The standard InChI is InChI=1S/C24H24N2O3S/c1-3-29-20-9-5-4-8-19(20)26-23(27)22-18-7-6-10-21(18)30-24(22)25-15-16-11-13-17(28-2)14-12-16/h4-5,8-9,11-15H,3,6-7,10H2,1-2H3,(H,26,27). The molecule has 0 radical (unpaired) electrons. The number of hydrogen-bond acceptors (Lipinski definition) is 5. The number of hydrogen-bond donors (Lipinski definition) is 1. The number of amides is 1. The van der Waals surface area contributed by atoms with Crippen LogP contribution in [0.1, 0.15) is 39.7 Å². The molecule has 0 saturated heterocycles. The van der Waals surface area contributed by atoms with E-state index in [-0.39, 0.29) is 5.91 Å². The molecular formula is C24H24N2O3S. The van der Waals surface area contributed by atoms with Gasteiger partial charge in [-0.3, -0.25) is 4.79 Å². The molecule has 1 aliphatic carbocycles. The van der Waals surface area contributed by atoms with Gasteiger partial charge < -0.3 is 14.8 Å². The minimum Gasteiger partial charge on any atom is -0.497 e. The Morgan fingerprint density at radius 1 is 1.17 bits per heavy atom. The molecule has 0 unspecified atom stereocenters. The fourth-order valence-corrected chi connectivity index (χ4v) is 4.80. The molecule has 30 heavy (non-hydrogen) atoms. The van der Waals surface area contributed by atoms with E-state index in [1.165, 1.54) is 4.88 Å². The smallest absolute Gasteiger partial charge is 0.259 e. The predicted molar refractivity (Wildman–Crippen MR) is 122 cm³/mol. The summed E-state index contributed by atoms with van der Waals surface area (Å²) >= 11 is 1.61. The van der Waals surface area contributed by atoms with Gasteiger partial charge in [-0.25, -0.2) is 4.99 Å². The SMILES string of the molecule is CCOc1ccccc1NC(=O)c1c(N=Cc2ccc(OC)cc2)sc2c1CCC2. The lowest BCUT2D eigenvalue weighted by atomic mass is 10.1. The van der Waals surface area contributed by atoms with E-state index in [0.717, 1.165) is 41.1 Å². The first-order chi connectivity index (χ1) is 14.7. The lowest BCUT2D eigenvalue weighted by Crippen LogP contribution is -2.14. The van der Waals surface area contributed by atoms with Gasteiger partial charge in [0, 0.05) is 11.1 Å². The van der Waals surface area contributed by atoms with Crippen molar-refractivity contribution in [2.75, 3.05) is 19.0 Å². The van der Waals surface area contributed by atoms with Gasteiger partial charge >= 0.3 is 0 Å². The quantitative estimate of drug-likeness (QED) is 0.503. The van der Waals surface area contributed by atoms with E-state index in [2.05, 4.69) is 10.3 Å². The first kappa shape index (κ1) is 20.2. The molecule has 1 aliphatic rings. The Hall–Kier alpha value is -3.12. The molecule has 5 nitrogen and oxygen atoms in total. The number of aliphatic imine (C=N–C) groups is 1. The Labute approximate surface area is 180 Å². The molecular weight excluding hydrogens is 396 g/mol. The normalized spacial score (nSPS) is 12.7. The molecule has 1 heterocycles. The van der Waals surface area contributed by atoms with Gasteiger partial charge in [-0.15, -0.1) is 11.3 Å². The van der Waals surface area contributed by atoms with Gasteiger partial charge in [0.1, 0.15) is 16.5 Å². The molecule has 154 valence electrons. The van der Waals surface area contributed by atoms with Gasteiger partial charge in [0.15, 0.2) is 0 Å². The van der Waals surface area contributed by atoms with Crippen LogP contribution < -0.4 is 14.8 Å². The van der Waals surface area contributed by atoms with Crippen LogP contribution in [0.5, 0.6) is 11.5 Å². The molecule has 1 aromatic heterocycles. The van der Waals surface area contributed by atoms with Crippen molar-refractivity contribution in [3.8, 4) is 11.5 Å². The van der Waals surface area contributed by atoms with Gasteiger partial charge in [-0.1, -0.05) is 12.1 Å². The number of methoxy groups -OCH3 is 1. The molecule has 0 bridgehead atoms. The summed E-state index contributed by atoms with van der Waals surface area (Å²) in [5.41, 5.74) is 3.45. The molecule has 1 amide bonds. The zero-order valence-electron chi connectivity index (χ0n) is 17.1. The fraction of sp³-hybridized carbons (Fsp3) is 0.250. The third-order valence-electron chi connectivity index (χ3n) is 5.01. The van der Waals surface area contributed by atoms with Gasteiger partial charge in [-0.05, 0) is 73.7 Å². The molecule has 0 atom stereocenters. The summed E-state index contributed by atoms with van der Waals surface area (Å²) in [6.07, 6.45) is 4.80. The van der Waals surface area contributed by atoms with Crippen molar-refractivity contribution < 1.29 is 14.3 Å². The Morgan fingerprint density at radius 2 is 1.97 bits per heavy atom. The lowest BCUT2D eigenvalue weighted by molar-refractivity contribution is 0.102. The summed E-state index contributed by atoms with van der Waals surface area (Å²) in [4.78, 5) is 19.2. The van der Waals surface area contributed by atoms with Crippen LogP contribution >= 0.6 is 11.3 Å². The minimum absolute atomic E-state index is 0.136. The summed E-state index contributed by atoms with van der Waals surface area (Å²) < 4.78 is 10.9. The zero-order chi connectivity index (χ0) is 20.9. The number of ether oxygens (including phenoxy) is 2. The Morgan fingerprint density at radius 3 is 2.73 bits per heavy atom. The first-order valence-corrected chi connectivity index (χ1v) is 10.9. The summed E-state index contributed by atoms with van der Waals surface area (Å²) in [5, 5.41) is 3.79. The van der Waals surface area contributed by atoms with Crippen molar-refractivity contribution in [1.29, 1.82) is 0 Å². The zero-order valence-corrected chi connectivity index (χ0v) is 17.9. The maximum Gasteiger partial charge on any atom is 0.259 e. The number of aryl methyl sites for hydroxylation is 1. The molecule has 4 rings (SSSR count). The molecule has 2 aromatic carbocycles. The summed E-state index contributed by atoms with van der Waals surface area (Å²) in [6, 6.07) is 15.2. The topological polar surface area (TPSA) is 59.9 Å². The summed E-state index contributed by atoms with van der Waals surface area (Å²) in [6.45, 7) is 2.47. The second-order valence-electron chi connectivity index (χ2n) is 6.95. The number of carbonyl (C=O) groups excluding carboxylic acids is 1. The van der Waals surface area contributed by atoms with E-state index >= 15 is 0 Å². The van der Waals surface area contributed by atoms with Crippen molar-refractivity contribution in [1.82, 2.24) is 0 Å². The van der Waals surface area contributed by atoms with Gasteiger partial charge in [0.25, 0.3) is 5.91 Å². The van der Waals surface area contributed by atoms with Crippen molar-refractivity contribution in [3.63, 3.8) is 0 Å². The van der Waals surface area contributed by atoms with Crippen molar-refractivity contribution in [2.24, 2.45) is 4.99 Å². The largest absolute Gasteiger partial charge is 0.497 e. The highest BCUT2D eigenvalue weighted by Gasteiger charge is 2.26. The summed E-state index contributed by atoms with van der Waals surface area (Å²) in [5.74, 6) is 1.34. The third kappa shape index (κ3) is 4.24. The van der Waals surface area contributed by atoms with Crippen LogP contribution in [0.25, 0.3) is 0 Å². The molecule has 1 N–H and O–H groups in total. The van der Waals surface area contributed by atoms with Crippen molar-refractivity contribution >= 4 is 34.1 Å². The maximum atomic E-state index is 13.3. The van der Waals surface area contributed by atoms with Crippen LogP contribution in [-0.2, 0) is 12.8 Å². The average Bonchev–Trinajstić information content (AvgIpc) is 3.35. The second-order valence-corrected chi connectivity index (χ2v) is 8.04. The lowest BCUT2D eigenvalue weighted by Gasteiger charge is -2.12. The van der Waals surface area contributed by atoms with E-state index in [4.69, 9.17) is 9.47 Å². The highest BCUT2D eigenvalue weighted by atomic mass is 32.1. The van der Waals surface area contributed by atoms with E-state index in [9.17, 15) is 4.79 Å². The molecule has 0 aliphatic heterocycles. The number of thiophene rings is 1. The van der Waals surface area contributed by atoms with Crippen LogP contribution in [0.4, 0.5) is 10.7 Å². The maximum absolute atomic E-state index is 13.3. The highest BCUT2D eigenvalue weighted by Crippen LogP contribution is 2.41. The number of benzene rings is 2. The number of para-hydroxylation sites is 2. The van der Waals surface area contributed by atoms with E-state index in [0.29, 0.717) is 23.6 Å². The Kier molecular flexibility index (Phi) is 6.14. The first-order valence-electron chi connectivity index (χ1n) is 10.1. The van der Waals surface area contributed by atoms with Crippen LogP contribution in [-0.4, -0.2) is 25.8 Å². The number of anilines is 1. The van der Waals surface area contributed by atoms with Gasteiger partial charge in [-0.2, -0.15) is 0 Å². The molecule has 3 aromatic rings.